The molecule has 0 unspecified atom stereocenters. The van der Waals surface area contributed by atoms with Crippen molar-refractivity contribution >= 4 is 34.5 Å². The van der Waals surface area contributed by atoms with Gasteiger partial charge in [0.2, 0.25) is 0 Å². The summed E-state index contributed by atoms with van der Waals surface area (Å²) in [6.45, 7) is 0. The third-order valence-corrected chi connectivity index (χ3v) is 5.57. The smallest absolute Gasteiger partial charge is 0.146 e. The van der Waals surface area contributed by atoms with Gasteiger partial charge in [-0.05, 0) is 55.9 Å². The predicted octanol–water partition coefficient (Wildman–Crippen LogP) is 5.36. The van der Waals surface area contributed by atoms with Gasteiger partial charge < -0.3 is 10.5 Å². The minimum absolute atomic E-state index is 0.553. The van der Waals surface area contributed by atoms with Crippen molar-refractivity contribution in [2.45, 2.75) is 38.0 Å². The first kappa shape index (κ1) is 16.3. The lowest BCUT2D eigenvalue weighted by Crippen LogP contribution is -2.21. The molecule has 2 N–H and O–H groups in total. The van der Waals surface area contributed by atoms with Crippen LogP contribution in [-0.2, 0) is 0 Å². The summed E-state index contributed by atoms with van der Waals surface area (Å²) in [4.78, 5) is 4.44. The number of amidine groups is 1. The second-order valence-corrected chi connectivity index (χ2v) is 7.33. The maximum atomic E-state index is 9.27. The van der Waals surface area contributed by atoms with Crippen LogP contribution in [-0.4, -0.2) is 16.0 Å². The lowest BCUT2D eigenvalue weighted by Gasteiger charge is -2.27. The van der Waals surface area contributed by atoms with E-state index < -0.39 is 0 Å². The fourth-order valence-corrected chi connectivity index (χ4v) is 4.08. The molecule has 0 bridgehead atoms. The van der Waals surface area contributed by atoms with Gasteiger partial charge in [0, 0.05) is 34.6 Å². The molecule has 0 aliphatic heterocycles. The highest BCUT2D eigenvalue weighted by Gasteiger charge is 2.25. The van der Waals surface area contributed by atoms with Crippen molar-refractivity contribution < 1.29 is 5.21 Å². The van der Waals surface area contributed by atoms with Gasteiger partial charge in [0.05, 0.1) is 5.01 Å². The predicted molar refractivity (Wildman–Crippen MR) is 95.7 cm³/mol. The van der Waals surface area contributed by atoms with E-state index in [4.69, 9.17) is 11.6 Å². The highest BCUT2D eigenvalue weighted by Crippen LogP contribution is 2.37. The third-order valence-electron chi connectivity index (χ3n) is 4.38. The van der Waals surface area contributed by atoms with E-state index in [1.54, 1.807) is 11.3 Å². The molecule has 1 aromatic heterocycles. The summed E-state index contributed by atoms with van der Waals surface area (Å²) in [5.41, 5.74) is 0.888. The molecule has 1 fully saturated rings. The number of halogens is 1. The number of anilines is 1. The van der Waals surface area contributed by atoms with Crippen molar-refractivity contribution in [1.29, 1.82) is 0 Å². The molecular weight excluding hydrogens is 330 g/mol. The number of hydrogen-bond donors (Lipinski definition) is 2. The standard InChI is InChI=1S/C17H20ClN3OS/c18-14-5-7-15(8-6-14)20-16(21-22)11-12-1-3-13(4-2-12)17-19-9-10-23-17/h5-10,12-13,22H,1-4,11H2,(H,20,21)/t12-,13+. The zero-order chi connectivity index (χ0) is 16.1. The molecule has 1 aliphatic rings. The van der Waals surface area contributed by atoms with Gasteiger partial charge in [0.15, 0.2) is 0 Å². The Labute approximate surface area is 145 Å². The van der Waals surface area contributed by atoms with Gasteiger partial charge in [0.1, 0.15) is 5.84 Å². The number of nitrogens with zero attached hydrogens (tertiary/aromatic N) is 2. The fraction of sp³-hybridized carbons (Fsp3) is 0.412. The Morgan fingerprint density at radius 2 is 2.00 bits per heavy atom. The number of thiazole rings is 1. The lowest BCUT2D eigenvalue weighted by molar-refractivity contribution is 0.306. The highest BCUT2D eigenvalue weighted by molar-refractivity contribution is 7.09. The number of oxime groups is 1. The molecule has 0 amide bonds. The van der Waals surface area contributed by atoms with Gasteiger partial charge in [0.25, 0.3) is 0 Å². The molecule has 0 saturated heterocycles. The number of hydrogen-bond acceptors (Lipinski definition) is 4. The van der Waals surface area contributed by atoms with Crippen molar-refractivity contribution in [1.82, 2.24) is 4.98 Å². The van der Waals surface area contributed by atoms with Crippen molar-refractivity contribution in [3.8, 4) is 0 Å². The molecule has 0 spiro atoms. The van der Waals surface area contributed by atoms with E-state index in [1.807, 2.05) is 35.8 Å². The summed E-state index contributed by atoms with van der Waals surface area (Å²) >= 11 is 7.64. The van der Waals surface area contributed by atoms with Crippen LogP contribution in [0.15, 0.2) is 41.0 Å². The van der Waals surface area contributed by atoms with Crippen molar-refractivity contribution in [2.24, 2.45) is 11.1 Å². The van der Waals surface area contributed by atoms with Gasteiger partial charge in [-0.15, -0.1) is 11.3 Å². The van der Waals surface area contributed by atoms with E-state index in [1.165, 1.54) is 5.01 Å². The van der Waals surface area contributed by atoms with E-state index in [9.17, 15) is 5.21 Å². The molecule has 122 valence electrons. The van der Waals surface area contributed by atoms with Crippen LogP contribution < -0.4 is 5.32 Å². The lowest BCUT2D eigenvalue weighted by atomic mass is 9.80. The maximum absolute atomic E-state index is 9.27. The normalized spacial score (nSPS) is 22.0. The minimum Gasteiger partial charge on any atom is -0.409 e. The van der Waals surface area contributed by atoms with Gasteiger partial charge in [-0.2, -0.15) is 0 Å². The van der Waals surface area contributed by atoms with Crippen LogP contribution >= 0.6 is 22.9 Å². The second kappa shape index (κ2) is 7.79. The first-order valence-electron chi connectivity index (χ1n) is 7.87. The molecule has 0 atom stereocenters. The molecule has 3 rings (SSSR count). The first-order valence-corrected chi connectivity index (χ1v) is 9.13. The molecule has 4 nitrogen and oxygen atoms in total. The minimum atomic E-state index is 0.553. The molecule has 23 heavy (non-hydrogen) atoms. The molecule has 2 aromatic rings. The van der Waals surface area contributed by atoms with Gasteiger partial charge >= 0.3 is 0 Å². The number of aromatic nitrogens is 1. The molecular formula is C17H20ClN3OS. The van der Waals surface area contributed by atoms with E-state index >= 15 is 0 Å². The highest BCUT2D eigenvalue weighted by atomic mass is 35.5. The zero-order valence-corrected chi connectivity index (χ0v) is 14.4. The summed E-state index contributed by atoms with van der Waals surface area (Å²) < 4.78 is 0. The van der Waals surface area contributed by atoms with Crippen LogP contribution in [0.25, 0.3) is 0 Å². The van der Waals surface area contributed by atoms with Crippen molar-refractivity contribution in [3.63, 3.8) is 0 Å². The molecule has 1 heterocycles. The summed E-state index contributed by atoms with van der Waals surface area (Å²) in [5.74, 6) is 1.77. The quantitative estimate of drug-likeness (QED) is 0.338. The Balaban J connectivity index is 1.51. The largest absolute Gasteiger partial charge is 0.409 e. The summed E-state index contributed by atoms with van der Waals surface area (Å²) in [6, 6.07) is 7.40. The fourth-order valence-electron chi connectivity index (χ4n) is 3.14. The summed E-state index contributed by atoms with van der Waals surface area (Å²) in [5, 5.41) is 19.9. The van der Waals surface area contributed by atoms with E-state index in [-0.39, 0.29) is 0 Å². The third kappa shape index (κ3) is 4.45. The molecule has 1 aromatic carbocycles. The van der Waals surface area contributed by atoms with Gasteiger partial charge in [-0.25, -0.2) is 4.98 Å². The van der Waals surface area contributed by atoms with E-state index in [0.717, 1.165) is 37.8 Å². The number of benzene rings is 1. The Hall–Kier alpha value is -1.59. The average molecular weight is 350 g/mol. The monoisotopic (exact) mass is 349 g/mol. The van der Waals surface area contributed by atoms with Crippen LogP contribution in [0.5, 0.6) is 0 Å². The van der Waals surface area contributed by atoms with Crippen molar-refractivity contribution in [2.75, 3.05) is 5.32 Å². The van der Waals surface area contributed by atoms with Crippen LogP contribution in [0.2, 0.25) is 5.02 Å². The van der Waals surface area contributed by atoms with E-state index in [0.29, 0.717) is 22.7 Å². The number of nitrogens with one attached hydrogen (secondary N) is 1. The number of rotatable bonds is 4. The first-order chi connectivity index (χ1) is 11.2. The second-order valence-electron chi connectivity index (χ2n) is 5.97. The van der Waals surface area contributed by atoms with Crippen LogP contribution in [0.3, 0.4) is 0 Å². The maximum Gasteiger partial charge on any atom is 0.146 e. The Bertz CT molecular complexity index is 634. The van der Waals surface area contributed by atoms with Gasteiger partial charge in [-0.1, -0.05) is 16.8 Å². The van der Waals surface area contributed by atoms with Gasteiger partial charge in [-0.3, -0.25) is 0 Å². The van der Waals surface area contributed by atoms with E-state index in [2.05, 4.69) is 15.5 Å². The Morgan fingerprint density at radius 3 is 2.61 bits per heavy atom. The molecule has 1 saturated carbocycles. The topological polar surface area (TPSA) is 57.5 Å². The van der Waals surface area contributed by atoms with Crippen LogP contribution in [0, 0.1) is 5.92 Å². The Kier molecular flexibility index (Phi) is 5.51. The Morgan fingerprint density at radius 1 is 1.26 bits per heavy atom. The van der Waals surface area contributed by atoms with Crippen LogP contribution in [0.1, 0.15) is 43.0 Å². The van der Waals surface area contributed by atoms with Crippen LogP contribution in [0.4, 0.5) is 5.69 Å². The molecule has 0 radical (unpaired) electrons. The average Bonchev–Trinajstić information content (AvgIpc) is 3.11. The summed E-state index contributed by atoms with van der Waals surface area (Å²) in [7, 11) is 0. The molecule has 1 aliphatic carbocycles. The SMILES string of the molecule is ON=C(C[C@H]1CC[C@@H](c2nccs2)CC1)Nc1ccc(Cl)cc1. The molecule has 6 heteroatoms. The zero-order valence-electron chi connectivity index (χ0n) is 12.8. The summed E-state index contributed by atoms with van der Waals surface area (Å²) in [6.07, 6.45) is 7.27. The van der Waals surface area contributed by atoms with Crippen molar-refractivity contribution in [3.05, 3.63) is 45.9 Å².